The molecule has 4 aromatic carbocycles. The highest BCUT2D eigenvalue weighted by atomic mass is 35.5. The molecule has 1 unspecified atom stereocenters. The summed E-state index contributed by atoms with van der Waals surface area (Å²) in [7, 11) is 0. The number of amides is 4. The third kappa shape index (κ3) is 9.82. The van der Waals surface area contributed by atoms with Crippen molar-refractivity contribution in [3.63, 3.8) is 0 Å². The number of hydrogen-bond donors (Lipinski definition) is 2. The molecule has 5 aromatic rings. The van der Waals surface area contributed by atoms with E-state index in [1.807, 2.05) is 19.1 Å². The van der Waals surface area contributed by atoms with Gasteiger partial charge in [-0.25, -0.2) is 0 Å². The maximum atomic E-state index is 13.3. The first-order valence-corrected chi connectivity index (χ1v) is 20.1. The average Bonchev–Trinajstić information content (AvgIpc) is 3.51. The van der Waals surface area contributed by atoms with Crippen LogP contribution < -0.4 is 25.5 Å². The van der Waals surface area contributed by atoms with Crippen LogP contribution in [0.1, 0.15) is 50.8 Å². The highest BCUT2D eigenvalue weighted by Crippen LogP contribution is 2.37. The summed E-state index contributed by atoms with van der Waals surface area (Å²) < 4.78 is 34.7. The summed E-state index contributed by atoms with van der Waals surface area (Å²) in [5.41, 5.74) is 3.54. The Labute approximate surface area is 354 Å². The number of benzene rings is 4. The Morgan fingerprint density at radius 1 is 0.787 bits per heavy atom. The van der Waals surface area contributed by atoms with Gasteiger partial charge in [0.2, 0.25) is 11.8 Å². The number of hydrogen-bond acceptors (Lipinski definition) is 13. The standard InChI is InChI=1S/C45H42ClN3O12/c1-2-59-38-25-40-33(23-32(38)28-6-3-5-27(21-28)26-50)36(51)24-39(61-40)30-10-9-29(22-34(30)46)47-13-14-56-15-16-57-17-18-58-19-20-60-37-8-4-7-31-42(37)45(55)49(44(31)54)35-11-12-41(52)48-43(35)53/h3-10,21-26,35,47H,2,11-20H2,1H3,(H,48,52,53). The Hall–Kier alpha value is -6.39. The van der Waals surface area contributed by atoms with E-state index in [9.17, 15) is 28.8 Å². The molecule has 2 aliphatic rings. The van der Waals surface area contributed by atoms with Crippen molar-refractivity contribution >= 4 is 58.2 Å². The first kappa shape index (κ1) is 42.7. The zero-order valence-electron chi connectivity index (χ0n) is 33.2. The molecule has 2 N–H and O–H groups in total. The lowest BCUT2D eigenvalue weighted by Crippen LogP contribution is -2.54. The Kier molecular flexibility index (Phi) is 13.9. The van der Waals surface area contributed by atoms with Crippen LogP contribution in [0.25, 0.3) is 33.4 Å². The van der Waals surface area contributed by atoms with Crippen molar-refractivity contribution < 1.29 is 52.1 Å². The lowest BCUT2D eigenvalue weighted by Gasteiger charge is -2.27. The minimum absolute atomic E-state index is 0.0366. The van der Waals surface area contributed by atoms with Crippen LogP contribution in [0.2, 0.25) is 5.02 Å². The molecule has 3 heterocycles. The Bertz CT molecular complexity index is 2540. The molecule has 2 aliphatic heterocycles. The van der Waals surface area contributed by atoms with Gasteiger partial charge in [-0.05, 0) is 61.4 Å². The molecule has 7 rings (SSSR count). The van der Waals surface area contributed by atoms with Gasteiger partial charge in [-0.2, -0.15) is 0 Å². The summed E-state index contributed by atoms with van der Waals surface area (Å²) in [5.74, 6) is -1.32. The smallest absolute Gasteiger partial charge is 0.266 e. The molecule has 15 nitrogen and oxygen atoms in total. The Morgan fingerprint density at radius 2 is 1.54 bits per heavy atom. The predicted octanol–water partition coefficient (Wildman–Crippen LogP) is 5.93. The first-order valence-electron chi connectivity index (χ1n) is 19.7. The van der Waals surface area contributed by atoms with Crippen molar-refractivity contribution in [2.45, 2.75) is 25.8 Å². The topological polar surface area (TPSA) is 189 Å². The van der Waals surface area contributed by atoms with Crippen molar-refractivity contribution in [2.75, 3.05) is 64.7 Å². The molecule has 0 spiro atoms. The van der Waals surface area contributed by atoms with Crippen LogP contribution in [0, 0.1) is 0 Å². The van der Waals surface area contributed by atoms with Crippen molar-refractivity contribution in [2.24, 2.45) is 0 Å². The minimum atomic E-state index is -1.06. The quantitative estimate of drug-likeness (QED) is 0.0533. The molecule has 0 bridgehead atoms. The molecular formula is C45H42ClN3O12. The second kappa shape index (κ2) is 19.8. The van der Waals surface area contributed by atoms with E-state index in [0.717, 1.165) is 22.4 Å². The number of carbonyl (C=O) groups excluding carboxylic acids is 5. The molecule has 1 aromatic heterocycles. The highest BCUT2D eigenvalue weighted by molar-refractivity contribution is 6.33. The normalized spacial score (nSPS) is 14.9. The van der Waals surface area contributed by atoms with Crippen molar-refractivity contribution in [3.05, 3.63) is 111 Å². The van der Waals surface area contributed by atoms with Gasteiger partial charge in [0.1, 0.15) is 41.8 Å². The van der Waals surface area contributed by atoms with Gasteiger partial charge in [-0.1, -0.05) is 35.9 Å². The van der Waals surface area contributed by atoms with Gasteiger partial charge in [0.15, 0.2) is 5.43 Å². The predicted molar refractivity (Wildman–Crippen MR) is 224 cm³/mol. The molecule has 1 fully saturated rings. The fourth-order valence-electron chi connectivity index (χ4n) is 7.04. The third-order valence-electron chi connectivity index (χ3n) is 9.93. The summed E-state index contributed by atoms with van der Waals surface area (Å²) >= 11 is 6.66. The Morgan fingerprint density at radius 3 is 2.28 bits per heavy atom. The number of ether oxygens (including phenoxy) is 5. The highest BCUT2D eigenvalue weighted by Gasteiger charge is 2.46. The van der Waals surface area contributed by atoms with Crippen LogP contribution in [0.5, 0.6) is 11.5 Å². The van der Waals surface area contributed by atoms with E-state index in [0.29, 0.717) is 90.4 Å². The minimum Gasteiger partial charge on any atom is -0.493 e. The molecule has 0 saturated carbocycles. The molecule has 4 amide bonds. The van der Waals surface area contributed by atoms with Crippen LogP contribution in [0.15, 0.2) is 88.1 Å². The molecule has 1 saturated heterocycles. The van der Waals surface area contributed by atoms with Crippen LogP contribution in [-0.4, -0.2) is 100 Å². The Balaban J connectivity index is 0.801. The second-order valence-corrected chi connectivity index (χ2v) is 14.3. The molecule has 16 heteroatoms. The van der Waals surface area contributed by atoms with Crippen LogP contribution in [0.4, 0.5) is 5.69 Å². The molecular weight excluding hydrogens is 810 g/mol. The number of anilines is 1. The van der Waals surface area contributed by atoms with Gasteiger partial charge in [0, 0.05) is 47.5 Å². The van der Waals surface area contributed by atoms with Crippen LogP contribution in [-0.2, 0) is 23.8 Å². The van der Waals surface area contributed by atoms with E-state index in [4.69, 9.17) is 39.7 Å². The lowest BCUT2D eigenvalue weighted by atomic mass is 10.00. The van der Waals surface area contributed by atoms with E-state index in [1.54, 1.807) is 54.6 Å². The molecule has 0 aliphatic carbocycles. The van der Waals surface area contributed by atoms with E-state index < -0.39 is 29.7 Å². The molecule has 316 valence electrons. The van der Waals surface area contributed by atoms with Gasteiger partial charge in [-0.3, -0.25) is 39.0 Å². The molecule has 61 heavy (non-hydrogen) atoms. The molecule has 0 radical (unpaired) electrons. The summed E-state index contributed by atoms with van der Waals surface area (Å²) in [6.07, 6.45) is 0.874. The van der Waals surface area contributed by atoms with E-state index in [2.05, 4.69) is 10.6 Å². The van der Waals surface area contributed by atoms with E-state index in [-0.39, 0.29) is 48.4 Å². The summed E-state index contributed by atoms with van der Waals surface area (Å²) in [6, 6.07) is 20.9. The number of imide groups is 2. The number of rotatable bonds is 20. The lowest BCUT2D eigenvalue weighted by molar-refractivity contribution is -0.136. The number of nitrogens with zero attached hydrogens (tertiary/aromatic N) is 1. The number of fused-ring (bicyclic) bond motifs is 2. The number of nitrogens with one attached hydrogen (secondary N) is 2. The van der Waals surface area contributed by atoms with Gasteiger partial charge >= 0.3 is 0 Å². The van der Waals surface area contributed by atoms with E-state index >= 15 is 0 Å². The van der Waals surface area contributed by atoms with Crippen LogP contribution >= 0.6 is 11.6 Å². The maximum absolute atomic E-state index is 13.3. The van der Waals surface area contributed by atoms with Crippen LogP contribution in [0.3, 0.4) is 0 Å². The van der Waals surface area contributed by atoms with Crippen molar-refractivity contribution in [1.29, 1.82) is 0 Å². The zero-order chi connectivity index (χ0) is 42.9. The fourth-order valence-corrected chi connectivity index (χ4v) is 7.32. The maximum Gasteiger partial charge on any atom is 0.266 e. The van der Waals surface area contributed by atoms with Gasteiger partial charge in [0.25, 0.3) is 11.8 Å². The summed E-state index contributed by atoms with van der Waals surface area (Å²) in [5, 5.41) is 6.19. The monoisotopic (exact) mass is 851 g/mol. The number of aldehydes is 1. The largest absolute Gasteiger partial charge is 0.493 e. The summed E-state index contributed by atoms with van der Waals surface area (Å²) in [6.45, 7) is 4.81. The second-order valence-electron chi connectivity index (χ2n) is 13.9. The van der Waals surface area contributed by atoms with Gasteiger partial charge < -0.3 is 33.4 Å². The van der Waals surface area contributed by atoms with Gasteiger partial charge in [0.05, 0.1) is 67.8 Å². The number of halogens is 1. The SMILES string of the molecule is CCOc1cc2oc(-c3ccc(NCCOCCOCCOCCOc4cccc5c4C(=O)N(C4CCC(=O)NC4=O)C5=O)cc3Cl)cc(=O)c2cc1-c1cccc(C=O)c1. The first-order chi connectivity index (χ1) is 29.7. The fraction of sp³-hybridized carbons (Fsp3) is 0.289. The summed E-state index contributed by atoms with van der Waals surface area (Å²) in [4.78, 5) is 75.7. The average molecular weight is 852 g/mol. The van der Waals surface area contributed by atoms with E-state index in [1.165, 1.54) is 12.1 Å². The number of carbonyl (C=O) groups is 5. The van der Waals surface area contributed by atoms with Crippen molar-refractivity contribution in [3.8, 4) is 33.9 Å². The van der Waals surface area contributed by atoms with Crippen molar-refractivity contribution in [1.82, 2.24) is 10.2 Å². The zero-order valence-corrected chi connectivity index (χ0v) is 33.9. The number of piperidine rings is 1. The third-order valence-corrected chi connectivity index (χ3v) is 10.2. The van der Waals surface area contributed by atoms with Gasteiger partial charge in [-0.15, -0.1) is 0 Å². The molecule has 1 atom stereocenters.